The van der Waals surface area contributed by atoms with Crippen molar-refractivity contribution in [2.24, 2.45) is 0 Å². The van der Waals surface area contributed by atoms with Gasteiger partial charge in [0.25, 0.3) is 0 Å². The molecular formula is C10H10ClN3S. The van der Waals surface area contributed by atoms with E-state index in [4.69, 9.17) is 11.6 Å². The van der Waals surface area contributed by atoms with Crippen LogP contribution in [-0.2, 0) is 0 Å². The molecule has 5 heteroatoms. The molecule has 2 aromatic rings. The smallest absolute Gasteiger partial charge is 0.224 e. The lowest BCUT2D eigenvalue weighted by Gasteiger charge is -2.06. The summed E-state index contributed by atoms with van der Waals surface area (Å²) in [5.41, 5.74) is 1.61. The number of pyridine rings is 1. The maximum absolute atomic E-state index is 5.84. The molecule has 0 aliphatic carbocycles. The van der Waals surface area contributed by atoms with Crippen LogP contribution in [0, 0.1) is 0 Å². The van der Waals surface area contributed by atoms with Crippen molar-refractivity contribution < 1.29 is 0 Å². The number of hydrogen-bond donors (Lipinski definition) is 0. The minimum absolute atomic E-state index is 0.277. The van der Waals surface area contributed by atoms with E-state index in [1.807, 2.05) is 12.1 Å². The highest BCUT2D eigenvalue weighted by Gasteiger charge is 2.09. The predicted molar refractivity (Wildman–Crippen MR) is 63.3 cm³/mol. The molecule has 0 fully saturated rings. The summed E-state index contributed by atoms with van der Waals surface area (Å²) in [5.74, 6) is 0. The maximum atomic E-state index is 5.84. The first-order chi connectivity index (χ1) is 7.16. The van der Waals surface area contributed by atoms with Gasteiger partial charge in [-0.1, -0.05) is 13.8 Å². The van der Waals surface area contributed by atoms with Crippen molar-refractivity contribution in [3.8, 4) is 0 Å². The number of halogens is 1. The van der Waals surface area contributed by atoms with Gasteiger partial charge in [0.05, 0.1) is 5.52 Å². The summed E-state index contributed by atoms with van der Waals surface area (Å²) in [6.45, 7) is 4.21. The normalized spacial score (nSPS) is 11.2. The monoisotopic (exact) mass is 239 g/mol. The molecule has 0 bridgehead atoms. The Morgan fingerprint density at radius 2 is 2.13 bits per heavy atom. The standard InChI is InChI=1S/C10H10ClN3S/c1-6(2)15-9-8-7(4-3-5-12-8)13-10(11)14-9/h3-6H,1-2H3. The Morgan fingerprint density at radius 3 is 2.87 bits per heavy atom. The Morgan fingerprint density at radius 1 is 1.33 bits per heavy atom. The molecule has 2 heterocycles. The van der Waals surface area contributed by atoms with Gasteiger partial charge in [0.2, 0.25) is 5.28 Å². The molecular weight excluding hydrogens is 230 g/mol. The van der Waals surface area contributed by atoms with Gasteiger partial charge >= 0.3 is 0 Å². The van der Waals surface area contributed by atoms with Crippen LogP contribution >= 0.6 is 23.4 Å². The summed E-state index contributed by atoms with van der Waals surface area (Å²) in [6.07, 6.45) is 1.74. The fraction of sp³-hybridized carbons (Fsp3) is 0.300. The van der Waals surface area contributed by atoms with E-state index in [1.165, 1.54) is 0 Å². The second kappa shape index (κ2) is 4.33. The molecule has 2 rings (SSSR count). The van der Waals surface area contributed by atoms with Crippen LogP contribution in [-0.4, -0.2) is 20.2 Å². The van der Waals surface area contributed by atoms with Gasteiger partial charge in [-0.25, -0.2) is 9.97 Å². The molecule has 0 aliphatic rings. The molecule has 2 aromatic heterocycles. The largest absolute Gasteiger partial charge is 0.252 e. The third-order valence-corrected chi connectivity index (χ3v) is 2.89. The first kappa shape index (κ1) is 10.6. The molecule has 0 saturated carbocycles. The summed E-state index contributed by atoms with van der Waals surface area (Å²) >= 11 is 7.49. The number of rotatable bonds is 2. The minimum Gasteiger partial charge on any atom is -0.252 e. The van der Waals surface area contributed by atoms with E-state index in [0.717, 1.165) is 16.1 Å². The summed E-state index contributed by atoms with van der Waals surface area (Å²) in [6, 6.07) is 3.73. The van der Waals surface area contributed by atoms with E-state index < -0.39 is 0 Å². The second-order valence-corrected chi connectivity index (χ2v) is 5.24. The Kier molecular flexibility index (Phi) is 3.07. The molecule has 0 radical (unpaired) electrons. The van der Waals surface area contributed by atoms with Gasteiger partial charge in [0.15, 0.2) is 0 Å². The van der Waals surface area contributed by atoms with Crippen LogP contribution in [0.5, 0.6) is 0 Å². The zero-order valence-electron chi connectivity index (χ0n) is 8.44. The number of aromatic nitrogens is 3. The first-order valence-electron chi connectivity index (χ1n) is 4.62. The first-order valence-corrected chi connectivity index (χ1v) is 5.87. The fourth-order valence-corrected chi connectivity index (χ4v) is 2.30. The van der Waals surface area contributed by atoms with Crippen LogP contribution in [0.2, 0.25) is 5.28 Å². The van der Waals surface area contributed by atoms with Gasteiger partial charge in [-0.2, -0.15) is 0 Å². The summed E-state index contributed by atoms with van der Waals surface area (Å²) in [5, 5.41) is 1.57. The highest BCUT2D eigenvalue weighted by atomic mass is 35.5. The molecule has 0 aliphatic heterocycles. The Bertz CT molecular complexity index is 487. The Balaban J connectivity index is 2.60. The maximum Gasteiger partial charge on any atom is 0.224 e. The zero-order valence-corrected chi connectivity index (χ0v) is 10.0. The molecule has 15 heavy (non-hydrogen) atoms. The number of nitrogens with zero attached hydrogens (tertiary/aromatic N) is 3. The van der Waals surface area contributed by atoms with Crippen molar-refractivity contribution in [2.75, 3.05) is 0 Å². The van der Waals surface area contributed by atoms with Crippen LogP contribution in [0.25, 0.3) is 11.0 Å². The summed E-state index contributed by atoms with van der Waals surface area (Å²) in [4.78, 5) is 12.6. The molecule has 0 spiro atoms. The van der Waals surface area contributed by atoms with E-state index in [9.17, 15) is 0 Å². The quantitative estimate of drug-likeness (QED) is 0.458. The van der Waals surface area contributed by atoms with Gasteiger partial charge in [0.1, 0.15) is 10.5 Å². The minimum atomic E-state index is 0.277. The van der Waals surface area contributed by atoms with Gasteiger partial charge < -0.3 is 0 Å². The SMILES string of the molecule is CC(C)Sc1nc(Cl)nc2cccnc12. The number of fused-ring (bicyclic) bond motifs is 1. The van der Waals surface area contributed by atoms with E-state index in [-0.39, 0.29) is 5.28 Å². The van der Waals surface area contributed by atoms with Crippen molar-refractivity contribution in [1.29, 1.82) is 0 Å². The van der Waals surface area contributed by atoms with Crippen LogP contribution in [0.3, 0.4) is 0 Å². The van der Waals surface area contributed by atoms with Crippen molar-refractivity contribution >= 4 is 34.4 Å². The van der Waals surface area contributed by atoms with Crippen LogP contribution in [0.4, 0.5) is 0 Å². The van der Waals surface area contributed by atoms with Crippen molar-refractivity contribution in [3.63, 3.8) is 0 Å². The molecule has 0 unspecified atom stereocenters. The predicted octanol–water partition coefficient (Wildman–Crippen LogP) is 3.18. The topological polar surface area (TPSA) is 38.7 Å². The van der Waals surface area contributed by atoms with E-state index >= 15 is 0 Å². The molecule has 0 N–H and O–H groups in total. The number of thioether (sulfide) groups is 1. The van der Waals surface area contributed by atoms with Gasteiger partial charge in [-0.05, 0) is 23.7 Å². The number of hydrogen-bond acceptors (Lipinski definition) is 4. The van der Waals surface area contributed by atoms with Crippen molar-refractivity contribution in [3.05, 3.63) is 23.6 Å². The summed E-state index contributed by atoms with van der Waals surface area (Å²) in [7, 11) is 0. The fourth-order valence-electron chi connectivity index (χ4n) is 1.22. The van der Waals surface area contributed by atoms with Crippen LogP contribution in [0.15, 0.2) is 23.4 Å². The van der Waals surface area contributed by atoms with Gasteiger partial charge in [-0.15, -0.1) is 11.8 Å². The highest BCUT2D eigenvalue weighted by molar-refractivity contribution is 8.00. The summed E-state index contributed by atoms with van der Waals surface area (Å²) < 4.78 is 0. The van der Waals surface area contributed by atoms with Crippen LogP contribution < -0.4 is 0 Å². The zero-order chi connectivity index (χ0) is 10.8. The van der Waals surface area contributed by atoms with Gasteiger partial charge in [0, 0.05) is 11.4 Å². The van der Waals surface area contributed by atoms with Crippen molar-refractivity contribution in [1.82, 2.24) is 15.0 Å². The molecule has 0 aromatic carbocycles. The van der Waals surface area contributed by atoms with Crippen molar-refractivity contribution in [2.45, 2.75) is 24.1 Å². The lowest BCUT2D eigenvalue weighted by atomic mass is 10.4. The molecule has 78 valence electrons. The van der Waals surface area contributed by atoms with Crippen LogP contribution in [0.1, 0.15) is 13.8 Å². The third kappa shape index (κ3) is 2.38. The average Bonchev–Trinajstić information content (AvgIpc) is 2.16. The molecule has 3 nitrogen and oxygen atoms in total. The Labute approximate surface area is 97.3 Å². The van der Waals surface area contributed by atoms with E-state index in [2.05, 4.69) is 28.8 Å². The highest BCUT2D eigenvalue weighted by Crippen LogP contribution is 2.27. The lowest BCUT2D eigenvalue weighted by molar-refractivity contribution is 1.05. The second-order valence-electron chi connectivity index (χ2n) is 3.34. The van der Waals surface area contributed by atoms with E-state index in [1.54, 1.807) is 18.0 Å². The van der Waals surface area contributed by atoms with E-state index in [0.29, 0.717) is 5.25 Å². The molecule has 0 amide bonds. The lowest BCUT2D eigenvalue weighted by Crippen LogP contribution is -1.95. The average molecular weight is 240 g/mol. The molecule has 0 saturated heterocycles. The Hall–Kier alpha value is -0.870. The molecule has 0 atom stereocenters. The van der Waals surface area contributed by atoms with Gasteiger partial charge in [-0.3, -0.25) is 4.98 Å². The third-order valence-electron chi connectivity index (χ3n) is 1.74.